The van der Waals surface area contributed by atoms with E-state index in [-0.39, 0.29) is 22.5 Å². The maximum Gasteiger partial charge on any atom is 0.246 e. The highest BCUT2D eigenvalue weighted by atomic mass is 32.2. The van der Waals surface area contributed by atoms with Gasteiger partial charge in [0.2, 0.25) is 10.0 Å². The molecule has 0 radical (unpaired) electrons. The van der Waals surface area contributed by atoms with Crippen LogP contribution in [0.5, 0.6) is 5.75 Å². The molecular formula is C18H19FN6O3S. The van der Waals surface area contributed by atoms with E-state index in [4.69, 9.17) is 4.74 Å². The molecule has 2 aromatic heterocycles. The summed E-state index contributed by atoms with van der Waals surface area (Å²) < 4.78 is 48.1. The first-order valence-electron chi connectivity index (χ1n) is 9.21. The summed E-state index contributed by atoms with van der Waals surface area (Å²) >= 11 is 0. The number of nitrogens with zero attached hydrogens (tertiary/aromatic N) is 6. The summed E-state index contributed by atoms with van der Waals surface area (Å²) in [5.41, 5.74) is 0.675. The molecule has 0 N–H and O–H groups in total. The summed E-state index contributed by atoms with van der Waals surface area (Å²) in [5, 5.41) is 12.3. The smallest absolute Gasteiger partial charge is 0.246 e. The van der Waals surface area contributed by atoms with Gasteiger partial charge >= 0.3 is 0 Å². The molecule has 0 aliphatic carbocycles. The highest BCUT2D eigenvalue weighted by Gasteiger charge is 2.45. The Balaban J connectivity index is 1.35. The molecule has 3 aromatic rings. The maximum atomic E-state index is 13.7. The van der Waals surface area contributed by atoms with E-state index in [0.29, 0.717) is 31.8 Å². The first-order chi connectivity index (χ1) is 14.0. The molecule has 2 aliphatic heterocycles. The lowest BCUT2D eigenvalue weighted by atomic mass is 10.0. The molecule has 4 heterocycles. The Morgan fingerprint density at radius 2 is 1.86 bits per heavy atom. The lowest BCUT2D eigenvalue weighted by Gasteiger charge is -2.22. The van der Waals surface area contributed by atoms with Gasteiger partial charge in [0, 0.05) is 26.2 Å². The molecule has 29 heavy (non-hydrogen) atoms. The molecule has 2 saturated heterocycles. The van der Waals surface area contributed by atoms with Crippen LogP contribution in [-0.2, 0) is 10.0 Å². The van der Waals surface area contributed by atoms with Gasteiger partial charge in [-0.1, -0.05) is 0 Å². The van der Waals surface area contributed by atoms with Gasteiger partial charge in [-0.25, -0.2) is 12.8 Å². The largest absolute Gasteiger partial charge is 0.495 e. The zero-order valence-electron chi connectivity index (χ0n) is 15.6. The van der Waals surface area contributed by atoms with Crippen molar-refractivity contribution in [2.75, 3.05) is 38.2 Å². The molecule has 152 valence electrons. The van der Waals surface area contributed by atoms with Crippen LogP contribution in [0.1, 0.15) is 0 Å². The minimum atomic E-state index is -3.84. The van der Waals surface area contributed by atoms with Gasteiger partial charge in [0.25, 0.3) is 0 Å². The van der Waals surface area contributed by atoms with Crippen molar-refractivity contribution in [2.45, 2.75) is 4.90 Å². The second-order valence-electron chi connectivity index (χ2n) is 7.37. The summed E-state index contributed by atoms with van der Waals surface area (Å²) in [6, 6.07) is 7.31. The fourth-order valence-corrected chi connectivity index (χ4v) is 5.93. The van der Waals surface area contributed by atoms with Gasteiger partial charge in [-0.15, -0.1) is 15.3 Å². The quantitative estimate of drug-likeness (QED) is 0.625. The minimum Gasteiger partial charge on any atom is -0.495 e. The Bertz CT molecular complexity index is 1170. The van der Waals surface area contributed by atoms with Crippen LogP contribution in [0.25, 0.3) is 5.65 Å². The van der Waals surface area contributed by atoms with Crippen molar-refractivity contribution < 1.29 is 17.5 Å². The Morgan fingerprint density at radius 1 is 1.10 bits per heavy atom. The second-order valence-corrected chi connectivity index (χ2v) is 9.27. The van der Waals surface area contributed by atoms with Crippen molar-refractivity contribution in [1.82, 2.24) is 24.1 Å². The third-order valence-corrected chi connectivity index (χ3v) is 7.52. The van der Waals surface area contributed by atoms with Crippen LogP contribution in [0, 0.1) is 17.7 Å². The van der Waals surface area contributed by atoms with E-state index in [1.807, 2.05) is 12.1 Å². The number of methoxy groups -OCH3 is 1. The minimum absolute atomic E-state index is 0.128. The number of hydrogen-bond acceptors (Lipinski definition) is 7. The molecule has 11 heteroatoms. The van der Waals surface area contributed by atoms with Crippen LogP contribution in [0.3, 0.4) is 0 Å². The van der Waals surface area contributed by atoms with Gasteiger partial charge in [0.15, 0.2) is 5.65 Å². The number of hydrogen-bond donors (Lipinski definition) is 0. The fraction of sp³-hybridized carbons (Fsp3) is 0.389. The number of halogens is 1. The Kier molecular flexibility index (Phi) is 4.17. The predicted molar refractivity (Wildman–Crippen MR) is 102 cm³/mol. The first-order valence-corrected chi connectivity index (χ1v) is 10.7. The summed E-state index contributed by atoms with van der Waals surface area (Å²) in [7, 11) is -2.46. The Morgan fingerprint density at radius 3 is 2.59 bits per heavy atom. The number of ether oxygens (including phenoxy) is 1. The summed E-state index contributed by atoms with van der Waals surface area (Å²) in [5.74, 6) is 0.723. The predicted octanol–water partition coefficient (Wildman–Crippen LogP) is 1.03. The van der Waals surface area contributed by atoms with Gasteiger partial charge in [0.1, 0.15) is 28.6 Å². The molecule has 0 amide bonds. The normalized spacial score (nSPS) is 22.3. The Hall–Kier alpha value is -2.79. The topological polar surface area (TPSA) is 92.9 Å². The van der Waals surface area contributed by atoms with Crippen molar-refractivity contribution in [2.24, 2.45) is 11.8 Å². The van der Waals surface area contributed by atoms with Gasteiger partial charge < -0.3 is 9.64 Å². The molecule has 1 aromatic carbocycles. The Labute approximate surface area is 166 Å². The third kappa shape index (κ3) is 3.01. The molecule has 5 rings (SSSR count). The monoisotopic (exact) mass is 418 g/mol. The van der Waals surface area contributed by atoms with E-state index >= 15 is 0 Å². The number of anilines is 1. The van der Waals surface area contributed by atoms with Crippen molar-refractivity contribution >= 4 is 21.5 Å². The number of fused-ring (bicyclic) bond motifs is 2. The van der Waals surface area contributed by atoms with Crippen LogP contribution in [0.15, 0.2) is 41.6 Å². The van der Waals surface area contributed by atoms with Crippen LogP contribution in [0.4, 0.5) is 10.2 Å². The fourth-order valence-electron chi connectivity index (χ4n) is 4.21. The molecule has 0 saturated carbocycles. The molecule has 0 spiro atoms. The average Bonchev–Trinajstić information content (AvgIpc) is 3.41. The van der Waals surface area contributed by atoms with Gasteiger partial charge in [-0.2, -0.15) is 8.82 Å². The molecular weight excluding hydrogens is 399 g/mol. The van der Waals surface area contributed by atoms with Gasteiger partial charge in [-0.3, -0.25) is 0 Å². The van der Waals surface area contributed by atoms with Crippen molar-refractivity contribution in [3.05, 3.63) is 42.5 Å². The number of sulfonamides is 1. The van der Waals surface area contributed by atoms with Crippen LogP contribution < -0.4 is 9.64 Å². The maximum absolute atomic E-state index is 13.7. The average molecular weight is 418 g/mol. The van der Waals surface area contributed by atoms with E-state index in [1.165, 1.54) is 23.5 Å². The lowest BCUT2D eigenvalue weighted by Crippen LogP contribution is -2.33. The van der Waals surface area contributed by atoms with Crippen molar-refractivity contribution in [3.63, 3.8) is 0 Å². The van der Waals surface area contributed by atoms with E-state index in [2.05, 4.69) is 20.2 Å². The number of benzene rings is 1. The highest BCUT2D eigenvalue weighted by Crippen LogP contribution is 2.37. The summed E-state index contributed by atoms with van der Waals surface area (Å²) in [6.07, 6.45) is 1.55. The molecule has 2 fully saturated rings. The first kappa shape index (κ1) is 18.3. The van der Waals surface area contributed by atoms with Crippen LogP contribution in [0.2, 0.25) is 0 Å². The van der Waals surface area contributed by atoms with E-state index < -0.39 is 15.8 Å². The number of rotatable bonds is 4. The third-order valence-electron chi connectivity index (χ3n) is 5.67. The van der Waals surface area contributed by atoms with Gasteiger partial charge in [0.05, 0.1) is 7.11 Å². The zero-order chi connectivity index (χ0) is 20.2. The summed E-state index contributed by atoms with van der Waals surface area (Å²) in [4.78, 5) is 2.03. The summed E-state index contributed by atoms with van der Waals surface area (Å²) in [6.45, 7) is 2.19. The van der Waals surface area contributed by atoms with Gasteiger partial charge in [-0.05, 0) is 42.2 Å². The molecule has 2 atom stereocenters. The van der Waals surface area contributed by atoms with E-state index in [1.54, 1.807) is 10.8 Å². The van der Waals surface area contributed by atoms with E-state index in [0.717, 1.165) is 11.9 Å². The number of aromatic nitrogens is 4. The SMILES string of the molecule is COc1ccc(F)cc1S(=O)(=O)N1CC2CN(c3ccc4nncn4n3)CC2C1. The van der Waals surface area contributed by atoms with Crippen molar-refractivity contribution in [1.29, 1.82) is 0 Å². The highest BCUT2D eigenvalue weighted by molar-refractivity contribution is 7.89. The lowest BCUT2D eigenvalue weighted by molar-refractivity contribution is 0.394. The molecule has 2 aliphatic rings. The molecule has 0 bridgehead atoms. The molecule has 9 nitrogen and oxygen atoms in total. The molecule has 2 unspecified atom stereocenters. The zero-order valence-corrected chi connectivity index (χ0v) is 16.5. The van der Waals surface area contributed by atoms with Crippen molar-refractivity contribution in [3.8, 4) is 5.75 Å². The van der Waals surface area contributed by atoms with Crippen LogP contribution in [-0.4, -0.2) is 65.8 Å². The van der Waals surface area contributed by atoms with E-state index in [9.17, 15) is 12.8 Å². The second kappa shape index (κ2) is 6.63. The standard InChI is InChI=1S/C18H19FN6O3S/c1-28-15-3-2-14(19)6-16(15)29(26,27)24-9-12-7-23(8-13(12)10-24)18-5-4-17-21-20-11-25(17)22-18/h2-6,11-13H,7-10H2,1H3. The van der Waals surface area contributed by atoms with Crippen LogP contribution >= 0.6 is 0 Å².